The average Bonchev–Trinajstić information content (AvgIpc) is 1.84. The normalized spacial score (nSPS) is 12.0. The highest BCUT2D eigenvalue weighted by Gasteiger charge is 2.12. The molecule has 0 radical (unpaired) electrons. The molecule has 0 rings (SSSR count). The number of nitrogens with zero attached hydrogens (tertiary/aromatic N) is 1. The molecule has 0 spiro atoms. The molecule has 0 fully saturated rings. The van der Waals surface area contributed by atoms with Crippen LogP contribution in [0, 0.1) is 0 Å². The molecule has 10 heavy (non-hydrogen) atoms. The molecule has 0 bridgehead atoms. The minimum atomic E-state index is -0.257. The van der Waals surface area contributed by atoms with Crippen LogP contribution in [-0.4, -0.2) is 50.1 Å². The molecule has 2 nitrogen and oxygen atoms in total. The maximum atomic E-state index is 11.7. The molecule has 0 aromatic rings. The summed E-state index contributed by atoms with van der Waals surface area (Å²) in [4.78, 5) is 0. The van der Waals surface area contributed by atoms with Crippen molar-refractivity contribution in [2.24, 2.45) is 0 Å². The van der Waals surface area contributed by atoms with Crippen molar-refractivity contribution in [3.05, 3.63) is 0 Å². The number of halogens is 1. The summed E-state index contributed by atoms with van der Waals surface area (Å²) in [5.41, 5.74) is 0. The zero-order valence-electron chi connectivity index (χ0n) is 6.81. The minimum absolute atomic E-state index is 0.180. The Morgan fingerprint density at radius 3 is 2.30 bits per heavy atom. The van der Waals surface area contributed by atoms with Gasteiger partial charge in [0, 0.05) is 6.42 Å². The zero-order chi connectivity index (χ0) is 8.04. The molecule has 0 heterocycles. The number of aliphatic hydroxyl groups is 1. The lowest BCUT2D eigenvalue weighted by Crippen LogP contribution is -2.42. The summed E-state index contributed by atoms with van der Waals surface area (Å²) >= 11 is 0. The summed E-state index contributed by atoms with van der Waals surface area (Å²) < 4.78 is 12.4. The minimum Gasteiger partial charge on any atom is -0.391 e. The highest BCUT2D eigenvalue weighted by atomic mass is 19.1. The first kappa shape index (κ1) is 9.85. The number of hydrogen-bond donors (Lipinski definition) is 1. The van der Waals surface area contributed by atoms with Crippen molar-refractivity contribution in [3.63, 3.8) is 0 Å². The Hall–Kier alpha value is -0.150. The maximum absolute atomic E-state index is 11.7. The van der Waals surface area contributed by atoms with Crippen molar-refractivity contribution in [1.29, 1.82) is 0 Å². The van der Waals surface area contributed by atoms with Crippen LogP contribution in [0.15, 0.2) is 0 Å². The smallest absolute Gasteiger partial charge is 0.102 e. The highest BCUT2D eigenvalue weighted by Crippen LogP contribution is 1.97. The molecule has 1 N–H and O–H groups in total. The van der Waals surface area contributed by atoms with Gasteiger partial charge in [0.05, 0.1) is 33.9 Å². The van der Waals surface area contributed by atoms with Gasteiger partial charge in [-0.1, -0.05) is 0 Å². The van der Waals surface area contributed by atoms with Crippen molar-refractivity contribution < 1.29 is 14.0 Å². The van der Waals surface area contributed by atoms with Crippen LogP contribution < -0.4 is 0 Å². The van der Waals surface area contributed by atoms with E-state index in [4.69, 9.17) is 5.11 Å². The summed E-state index contributed by atoms with van der Waals surface area (Å²) in [7, 11) is 3.98. The van der Waals surface area contributed by atoms with Crippen molar-refractivity contribution in [3.8, 4) is 0 Å². The fourth-order valence-corrected chi connectivity index (χ4v) is 0.870. The lowest BCUT2D eigenvalue weighted by molar-refractivity contribution is -0.890. The Balaban J connectivity index is 3.42. The van der Waals surface area contributed by atoms with Gasteiger partial charge in [0.2, 0.25) is 0 Å². The van der Waals surface area contributed by atoms with E-state index in [1.807, 2.05) is 14.1 Å². The first-order valence-electron chi connectivity index (χ1n) is 3.61. The monoisotopic (exact) mass is 150 g/mol. The molecule has 0 aliphatic carbocycles. The molecular weight excluding hydrogens is 133 g/mol. The first-order valence-corrected chi connectivity index (χ1v) is 3.61. The third-order valence-electron chi connectivity index (χ3n) is 1.60. The van der Waals surface area contributed by atoms with Crippen molar-refractivity contribution in [2.45, 2.75) is 6.42 Å². The standard InChI is InChI=1S/C7H17FNO/c1-9(2,6-7-10)5-3-4-8/h10H,3-7H2,1-2H3/q+1. The van der Waals surface area contributed by atoms with Crippen LogP contribution in [-0.2, 0) is 0 Å². The molecule has 0 saturated carbocycles. The van der Waals surface area contributed by atoms with Crippen LogP contribution in [0.3, 0.4) is 0 Å². The van der Waals surface area contributed by atoms with E-state index < -0.39 is 0 Å². The third-order valence-corrected chi connectivity index (χ3v) is 1.60. The molecule has 0 aromatic carbocycles. The summed E-state index contributed by atoms with van der Waals surface area (Å²) in [6.45, 7) is 1.43. The third kappa shape index (κ3) is 4.70. The SMILES string of the molecule is C[N+](C)(CCO)CCCF. The molecule has 0 aromatic heterocycles. The molecule has 0 aliphatic heterocycles. The van der Waals surface area contributed by atoms with Crippen LogP contribution in [0.1, 0.15) is 6.42 Å². The molecule has 0 aliphatic rings. The number of alkyl halides is 1. The lowest BCUT2D eigenvalue weighted by Gasteiger charge is -2.28. The highest BCUT2D eigenvalue weighted by molar-refractivity contribution is 4.34. The number of quaternary nitrogens is 1. The number of likely N-dealkylation sites (N-methyl/N-ethyl adjacent to an activating group) is 1. The predicted octanol–water partition coefficient (Wildman–Crippen LogP) is 0.415. The van der Waals surface area contributed by atoms with Crippen LogP contribution in [0.4, 0.5) is 4.39 Å². The van der Waals surface area contributed by atoms with Gasteiger partial charge >= 0.3 is 0 Å². The van der Waals surface area contributed by atoms with E-state index in [0.29, 0.717) is 17.4 Å². The topological polar surface area (TPSA) is 20.2 Å². The second kappa shape index (κ2) is 4.63. The fourth-order valence-electron chi connectivity index (χ4n) is 0.870. The molecule has 0 atom stereocenters. The van der Waals surface area contributed by atoms with Gasteiger partial charge in [-0.15, -0.1) is 0 Å². The molecule has 3 heteroatoms. The summed E-state index contributed by atoms with van der Waals surface area (Å²) in [5, 5.41) is 8.59. The summed E-state index contributed by atoms with van der Waals surface area (Å²) in [6.07, 6.45) is 0.590. The lowest BCUT2D eigenvalue weighted by atomic mass is 10.3. The maximum Gasteiger partial charge on any atom is 0.102 e. The average molecular weight is 150 g/mol. The summed E-state index contributed by atoms with van der Waals surface area (Å²) in [6, 6.07) is 0. The largest absolute Gasteiger partial charge is 0.391 e. The second-order valence-electron chi connectivity index (χ2n) is 3.15. The van der Waals surface area contributed by atoms with E-state index in [2.05, 4.69) is 0 Å². The zero-order valence-corrected chi connectivity index (χ0v) is 6.81. The van der Waals surface area contributed by atoms with Gasteiger partial charge in [0.15, 0.2) is 0 Å². The van der Waals surface area contributed by atoms with Gasteiger partial charge in [-0.25, -0.2) is 0 Å². The molecular formula is C7H17FNO+. The number of aliphatic hydroxyl groups excluding tert-OH is 1. The van der Waals surface area contributed by atoms with E-state index in [1.54, 1.807) is 0 Å². The molecule has 0 unspecified atom stereocenters. The van der Waals surface area contributed by atoms with E-state index in [0.717, 1.165) is 6.54 Å². The van der Waals surface area contributed by atoms with Crippen molar-refractivity contribution >= 4 is 0 Å². The Morgan fingerprint density at radius 1 is 1.30 bits per heavy atom. The van der Waals surface area contributed by atoms with E-state index in [9.17, 15) is 4.39 Å². The molecule has 62 valence electrons. The fraction of sp³-hybridized carbons (Fsp3) is 1.00. The quantitative estimate of drug-likeness (QED) is 0.563. The van der Waals surface area contributed by atoms with Crippen LogP contribution >= 0.6 is 0 Å². The predicted molar refractivity (Wildman–Crippen MR) is 39.5 cm³/mol. The van der Waals surface area contributed by atoms with E-state index in [1.165, 1.54) is 0 Å². The van der Waals surface area contributed by atoms with Crippen molar-refractivity contribution in [2.75, 3.05) is 40.5 Å². The van der Waals surface area contributed by atoms with Gasteiger partial charge in [-0.05, 0) is 0 Å². The van der Waals surface area contributed by atoms with Gasteiger partial charge in [0.1, 0.15) is 6.54 Å². The van der Waals surface area contributed by atoms with Crippen LogP contribution in [0.5, 0.6) is 0 Å². The van der Waals surface area contributed by atoms with Gasteiger partial charge < -0.3 is 9.59 Å². The number of hydrogen-bond acceptors (Lipinski definition) is 1. The van der Waals surface area contributed by atoms with Gasteiger partial charge in [-0.3, -0.25) is 4.39 Å². The summed E-state index contributed by atoms with van der Waals surface area (Å²) in [5.74, 6) is 0. The van der Waals surface area contributed by atoms with E-state index in [-0.39, 0.29) is 13.3 Å². The van der Waals surface area contributed by atoms with Crippen LogP contribution in [0.2, 0.25) is 0 Å². The second-order valence-corrected chi connectivity index (χ2v) is 3.15. The molecule has 0 saturated heterocycles. The first-order chi connectivity index (χ1) is 4.62. The van der Waals surface area contributed by atoms with Crippen molar-refractivity contribution in [1.82, 2.24) is 0 Å². The Morgan fingerprint density at radius 2 is 1.90 bits per heavy atom. The Bertz CT molecular complexity index is 85.7. The molecule has 0 amide bonds. The van der Waals surface area contributed by atoms with Gasteiger partial charge in [-0.2, -0.15) is 0 Å². The van der Waals surface area contributed by atoms with Crippen LogP contribution in [0.25, 0.3) is 0 Å². The van der Waals surface area contributed by atoms with E-state index >= 15 is 0 Å². The van der Waals surface area contributed by atoms with Gasteiger partial charge in [0.25, 0.3) is 0 Å². The Kier molecular flexibility index (Phi) is 4.56. The Labute approximate surface area is 61.9 Å². The number of rotatable bonds is 5.